The van der Waals surface area contributed by atoms with Crippen molar-refractivity contribution >= 4 is 11.7 Å². The summed E-state index contributed by atoms with van der Waals surface area (Å²) >= 11 is 0. The van der Waals surface area contributed by atoms with Gasteiger partial charge in [0, 0.05) is 43.8 Å². The highest BCUT2D eigenvalue weighted by Crippen LogP contribution is 2.27. The number of amides is 1. The van der Waals surface area contributed by atoms with Gasteiger partial charge in [-0.1, -0.05) is 0 Å². The summed E-state index contributed by atoms with van der Waals surface area (Å²) in [6.07, 6.45) is 9.39. The predicted octanol–water partition coefficient (Wildman–Crippen LogP) is 0.792. The highest BCUT2D eigenvalue weighted by atomic mass is 16.3. The zero-order valence-corrected chi connectivity index (χ0v) is 15.0. The number of anilines is 1. The monoisotopic (exact) mass is 356 g/mol. The highest BCUT2D eigenvalue weighted by Gasteiger charge is 2.37. The SMILES string of the molecule is CN(CC1(O)CCCN(c2cnccn2)C1)C(=O)c1n[nH]c2c1CCC2. The standard InChI is InChI=1S/C18H24N6O2/c1-23(17(25)16-13-4-2-5-14(13)21-22-16)11-18(26)6-3-9-24(12-18)15-10-19-7-8-20-15/h7-8,10,26H,2-6,9,11-12H2,1H3,(H,21,22). The highest BCUT2D eigenvalue weighted by molar-refractivity contribution is 5.94. The molecule has 0 saturated carbocycles. The second-order valence-electron chi connectivity index (χ2n) is 7.36. The molecule has 26 heavy (non-hydrogen) atoms. The molecule has 2 aliphatic rings. The van der Waals surface area contributed by atoms with E-state index in [9.17, 15) is 9.90 Å². The molecule has 8 nitrogen and oxygen atoms in total. The van der Waals surface area contributed by atoms with Crippen LogP contribution in [0.25, 0.3) is 0 Å². The number of rotatable bonds is 4. The molecule has 2 N–H and O–H groups in total. The number of carbonyl (C=O) groups is 1. The third kappa shape index (κ3) is 3.16. The zero-order valence-electron chi connectivity index (χ0n) is 15.0. The smallest absolute Gasteiger partial charge is 0.274 e. The van der Waals surface area contributed by atoms with Gasteiger partial charge in [0.15, 0.2) is 5.69 Å². The molecule has 1 atom stereocenters. The Kier molecular flexibility index (Phi) is 4.36. The van der Waals surface area contributed by atoms with Crippen molar-refractivity contribution in [2.24, 2.45) is 0 Å². The van der Waals surface area contributed by atoms with Crippen LogP contribution in [-0.2, 0) is 12.8 Å². The van der Waals surface area contributed by atoms with Gasteiger partial charge in [0.05, 0.1) is 18.3 Å². The number of aryl methyl sites for hydroxylation is 1. The van der Waals surface area contributed by atoms with Crippen molar-refractivity contribution < 1.29 is 9.90 Å². The van der Waals surface area contributed by atoms with Crippen molar-refractivity contribution in [3.63, 3.8) is 0 Å². The summed E-state index contributed by atoms with van der Waals surface area (Å²) in [6, 6.07) is 0. The van der Waals surface area contributed by atoms with Crippen molar-refractivity contribution in [1.29, 1.82) is 0 Å². The number of hydrogen-bond donors (Lipinski definition) is 2. The maximum Gasteiger partial charge on any atom is 0.274 e. The second kappa shape index (κ2) is 6.68. The molecule has 1 fully saturated rings. The number of hydrogen-bond acceptors (Lipinski definition) is 6. The molecule has 8 heteroatoms. The Morgan fingerprint density at radius 1 is 1.38 bits per heavy atom. The lowest BCUT2D eigenvalue weighted by Gasteiger charge is -2.41. The van der Waals surface area contributed by atoms with Crippen LogP contribution in [0.2, 0.25) is 0 Å². The fourth-order valence-corrected chi connectivity index (χ4v) is 4.08. The Morgan fingerprint density at radius 3 is 3.08 bits per heavy atom. The van der Waals surface area contributed by atoms with Gasteiger partial charge < -0.3 is 14.9 Å². The van der Waals surface area contributed by atoms with Gasteiger partial charge in [-0.2, -0.15) is 5.10 Å². The van der Waals surface area contributed by atoms with E-state index in [0.29, 0.717) is 18.7 Å². The minimum absolute atomic E-state index is 0.130. The Labute approximate surface area is 152 Å². The van der Waals surface area contributed by atoms with Gasteiger partial charge in [0.2, 0.25) is 0 Å². The largest absolute Gasteiger partial charge is 0.386 e. The minimum Gasteiger partial charge on any atom is -0.386 e. The van der Waals surface area contributed by atoms with Crippen LogP contribution in [0.15, 0.2) is 18.6 Å². The van der Waals surface area contributed by atoms with Crippen molar-refractivity contribution in [3.05, 3.63) is 35.5 Å². The number of likely N-dealkylation sites (N-methyl/N-ethyl adjacent to an activating group) is 1. The number of carbonyl (C=O) groups excluding carboxylic acids is 1. The molecule has 0 spiro atoms. The first-order valence-electron chi connectivity index (χ1n) is 9.11. The maximum atomic E-state index is 12.8. The molecule has 1 unspecified atom stereocenters. The Balaban J connectivity index is 1.45. The van der Waals surface area contributed by atoms with Gasteiger partial charge >= 0.3 is 0 Å². The lowest BCUT2D eigenvalue weighted by molar-refractivity contribution is -0.000320. The van der Waals surface area contributed by atoms with E-state index in [4.69, 9.17) is 0 Å². The van der Waals surface area contributed by atoms with E-state index in [0.717, 1.165) is 49.3 Å². The molecule has 1 aliphatic heterocycles. The number of nitrogens with one attached hydrogen (secondary N) is 1. The van der Waals surface area contributed by atoms with Gasteiger partial charge in [-0.3, -0.25) is 14.9 Å². The van der Waals surface area contributed by atoms with Gasteiger partial charge in [-0.05, 0) is 32.1 Å². The average Bonchev–Trinajstić information content (AvgIpc) is 3.25. The van der Waals surface area contributed by atoms with Gasteiger partial charge in [-0.25, -0.2) is 4.98 Å². The number of aromatic amines is 1. The van der Waals surface area contributed by atoms with E-state index >= 15 is 0 Å². The second-order valence-corrected chi connectivity index (χ2v) is 7.36. The maximum absolute atomic E-state index is 12.8. The van der Waals surface area contributed by atoms with Crippen LogP contribution in [0.3, 0.4) is 0 Å². The molecule has 0 radical (unpaired) electrons. The summed E-state index contributed by atoms with van der Waals surface area (Å²) in [7, 11) is 1.73. The Hall–Kier alpha value is -2.48. The third-order valence-electron chi connectivity index (χ3n) is 5.32. The van der Waals surface area contributed by atoms with Crippen LogP contribution < -0.4 is 4.90 Å². The van der Waals surface area contributed by atoms with E-state index in [-0.39, 0.29) is 12.5 Å². The molecule has 1 aliphatic carbocycles. The summed E-state index contributed by atoms with van der Waals surface area (Å²) in [6.45, 7) is 1.53. The zero-order chi connectivity index (χ0) is 18.1. The van der Waals surface area contributed by atoms with Gasteiger partial charge in [0.25, 0.3) is 5.91 Å². The fourth-order valence-electron chi connectivity index (χ4n) is 4.08. The van der Waals surface area contributed by atoms with Crippen LogP contribution >= 0.6 is 0 Å². The molecular weight excluding hydrogens is 332 g/mol. The molecule has 1 amide bonds. The van der Waals surface area contributed by atoms with Crippen LogP contribution in [0, 0.1) is 0 Å². The van der Waals surface area contributed by atoms with E-state index in [1.165, 1.54) is 0 Å². The number of aromatic nitrogens is 4. The lowest BCUT2D eigenvalue weighted by Crippen LogP contribution is -2.55. The van der Waals surface area contributed by atoms with Crippen molar-refractivity contribution in [1.82, 2.24) is 25.1 Å². The number of fused-ring (bicyclic) bond motifs is 1. The summed E-state index contributed by atoms with van der Waals surface area (Å²) < 4.78 is 0. The number of nitrogens with zero attached hydrogens (tertiary/aromatic N) is 5. The summed E-state index contributed by atoms with van der Waals surface area (Å²) in [4.78, 5) is 24.9. The van der Waals surface area contributed by atoms with Crippen molar-refractivity contribution in [2.75, 3.05) is 31.6 Å². The molecule has 1 saturated heterocycles. The molecule has 2 aromatic heterocycles. The summed E-state index contributed by atoms with van der Waals surface area (Å²) in [5.41, 5.74) is 1.65. The molecular formula is C18H24N6O2. The molecule has 138 valence electrons. The minimum atomic E-state index is -0.973. The number of H-pyrrole nitrogens is 1. The number of β-amino-alcohol motifs (C(OH)–C–C–N with tert-alkyl or cyclic N) is 1. The molecule has 2 aromatic rings. The molecule has 4 rings (SSSR count). The van der Waals surface area contributed by atoms with Crippen LogP contribution in [0.5, 0.6) is 0 Å². The van der Waals surface area contributed by atoms with Crippen molar-refractivity contribution in [3.8, 4) is 0 Å². The molecule has 3 heterocycles. The summed E-state index contributed by atoms with van der Waals surface area (Å²) in [5, 5.41) is 18.3. The normalized spacial score (nSPS) is 22.3. The van der Waals surface area contributed by atoms with E-state index in [1.807, 2.05) is 4.90 Å². The molecule has 0 aromatic carbocycles. The predicted molar refractivity (Wildman–Crippen MR) is 96.0 cm³/mol. The third-order valence-corrected chi connectivity index (χ3v) is 5.32. The van der Waals surface area contributed by atoms with Gasteiger partial charge in [-0.15, -0.1) is 0 Å². The lowest BCUT2D eigenvalue weighted by atomic mass is 9.92. The van der Waals surface area contributed by atoms with Crippen LogP contribution in [0.1, 0.15) is 41.0 Å². The first-order valence-corrected chi connectivity index (χ1v) is 9.11. The fraction of sp³-hybridized carbons (Fsp3) is 0.556. The van der Waals surface area contributed by atoms with E-state index in [1.54, 1.807) is 30.5 Å². The first-order chi connectivity index (χ1) is 12.6. The van der Waals surface area contributed by atoms with Gasteiger partial charge in [0.1, 0.15) is 5.82 Å². The first kappa shape index (κ1) is 17.0. The topological polar surface area (TPSA) is 98.2 Å². The number of aliphatic hydroxyl groups is 1. The van der Waals surface area contributed by atoms with E-state index < -0.39 is 5.60 Å². The Morgan fingerprint density at radius 2 is 2.27 bits per heavy atom. The van der Waals surface area contributed by atoms with Crippen LogP contribution in [-0.4, -0.2) is 68.4 Å². The molecule has 0 bridgehead atoms. The Bertz CT molecular complexity index is 792. The van der Waals surface area contributed by atoms with E-state index in [2.05, 4.69) is 20.2 Å². The average molecular weight is 356 g/mol. The number of piperidine rings is 1. The van der Waals surface area contributed by atoms with Crippen molar-refractivity contribution in [2.45, 2.75) is 37.7 Å². The van der Waals surface area contributed by atoms with Crippen LogP contribution in [0.4, 0.5) is 5.82 Å². The summed E-state index contributed by atoms with van der Waals surface area (Å²) in [5.74, 6) is 0.624. The quantitative estimate of drug-likeness (QED) is 0.841.